The van der Waals surface area contributed by atoms with Crippen molar-refractivity contribution in [1.82, 2.24) is 24.6 Å². The summed E-state index contributed by atoms with van der Waals surface area (Å²) in [6.45, 7) is 3.75. The van der Waals surface area contributed by atoms with Gasteiger partial charge in [-0.05, 0) is 50.4 Å². The number of ketones is 1. The molecule has 2 aromatic heterocycles. The minimum Gasteiger partial charge on any atom is -0.381 e. The van der Waals surface area contributed by atoms with Crippen LogP contribution in [0.4, 0.5) is 0 Å². The smallest absolute Gasteiger partial charge is 0.143 e. The summed E-state index contributed by atoms with van der Waals surface area (Å²) in [7, 11) is 1.91. The number of fused-ring (bicyclic) bond motifs is 1. The molecule has 0 radical (unpaired) electrons. The zero-order chi connectivity index (χ0) is 21.2. The van der Waals surface area contributed by atoms with E-state index in [1.165, 1.54) is 0 Å². The zero-order valence-electron chi connectivity index (χ0n) is 18.0. The second-order valence-corrected chi connectivity index (χ2v) is 8.76. The van der Waals surface area contributed by atoms with Crippen LogP contribution < -0.4 is 0 Å². The van der Waals surface area contributed by atoms with E-state index in [-0.39, 0.29) is 11.7 Å². The lowest BCUT2D eigenvalue weighted by Gasteiger charge is -2.38. The molecule has 0 bridgehead atoms. The number of ether oxygens (including phenoxy) is 1. The molecule has 0 unspecified atom stereocenters. The lowest BCUT2D eigenvalue weighted by atomic mass is 9.89. The Kier molecular flexibility index (Phi) is 5.78. The summed E-state index contributed by atoms with van der Waals surface area (Å²) in [5, 5.41) is 5.23. The van der Waals surface area contributed by atoms with E-state index in [1.807, 2.05) is 37.8 Å². The second-order valence-electron chi connectivity index (χ2n) is 8.76. The van der Waals surface area contributed by atoms with Gasteiger partial charge in [0.15, 0.2) is 0 Å². The van der Waals surface area contributed by atoms with Crippen molar-refractivity contribution in [2.45, 2.75) is 38.1 Å². The fourth-order valence-corrected chi connectivity index (χ4v) is 4.83. The molecule has 0 spiro atoms. The van der Waals surface area contributed by atoms with Crippen LogP contribution in [0.15, 0.2) is 36.8 Å². The van der Waals surface area contributed by atoms with E-state index in [1.54, 1.807) is 4.68 Å². The van der Waals surface area contributed by atoms with Crippen LogP contribution in [0.2, 0.25) is 0 Å². The van der Waals surface area contributed by atoms with E-state index in [9.17, 15) is 4.79 Å². The summed E-state index contributed by atoms with van der Waals surface area (Å²) in [6, 6.07) is 6.76. The molecule has 162 valence electrons. The SMILES string of the molecule is Cn1cc(-c2ccc3cnc(CC(=O)C4CCN(C5CCOCC5)CC4)nc3c2)cn1. The van der Waals surface area contributed by atoms with Crippen LogP contribution in [0.3, 0.4) is 0 Å². The molecule has 7 heteroatoms. The molecule has 0 N–H and O–H groups in total. The van der Waals surface area contributed by atoms with Crippen LogP contribution in [0.25, 0.3) is 22.0 Å². The number of Topliss-reactive ketones (excluding diaryl/α,β-unsaturated/α-hetero) is 1. The van der Waals surface area contributed by atoms with E-state index in [0.717, 1.165) is 74.0 Å². The molecule has 4 heterocycles. The Labute approximate surface area is 182 Å². The van der Waals surface area contributed by atoms with Crippen molar-refractivity contribution >= 4 is 16.7 Å². The highest BCUT2D eigenvalue weighted by atomic mass is 16.5. The quantitative estimate of drug-likeness (QED) is 0.633. The van der Waals surface area contributed by atoms with Gasteiger partial charge in [-0.3, -0.25) is 9.48 Å². The Morgan fingerprint density at radius 3 is 2.65 bits per heavy atom. The number of piperidine rings is 1. The first-order valence-electron chi connectivity index (χ1n) is 11.2. The van der Waals surface area contributed by atoms with Crippen molar-refractivity contribution in [2.75, 3.05) is 26.3 Å². The van der Waals surface area contributed by atoms with Gasteiger partial charge < -0.3 is 9.64 Å². The van der Waals surface area contributed by atoms with Gasteiger partial charge in [0.1, 0.15) is 11.6 Å². The largest absolute Gasteiger partial charge is 0.381 e. The van der Waals surface area contributed by atoms with Crippen molar-refractivity contribution in [2.24, 2.45) is 13.0 Å². The van der Waals surface area contributed by atoms with Gasteiger partial charge in [-0.25, -0.2) is 9.97 Å². The third-order valence-corrected chi connectivity index (χ3v) is 6.70. The van der Waals surface area contributed by atoms with E-state index in [4.69, 9.17) is 9.72 Å². The van der Waals surface area contributed by atoms with Crippen LogP contribution in [-0.2, 0) is 23.0 Å². The summed E-state index contributed by atoms with van der Waals surface area (Å²) >= 11 is 0. The van der Waals surface area contributed by atoms with Gasteiger partial charge in [0.05, 0.1) is 18.1 Å². The topological polar surface area (TPSA) is 73.1 Å². The van der Waals surface area contributed by atoms with Crippen molar-refractivity contribution in [1.29, 1.82) is 0 Å². The average Bonchev–Trinajstić information content (AvgIpc) is 3.25. The Morgan fingerprint density at radius 2 is 1.90 bits per heavy atom. The van der Waals surface area contributed by atoms with Crippen molar-refractivity contribution in [3.8, 4) is 11.1 Å². The molecule has 0 amide bonds. The highest BCUT2D eigenvalue weighted by molar-refractivity contribution is 5.85. The summed E-state index contributed by atoms with van der Waals surface area (Å²) in [5.41, 5.74) is 2.99. The molecule has 5 rings (SSSR count). The lowest BCUT2D eigenvalue weighted by Crippen LogP contribution is -2.45. The van der Waals surface area contributed by atoms with E-state index in [2.05, 4.69) is 21.0 Å². The molecule has 2 aliphatic heterocycles. The Morgan fingerprint density at radius 1 is 1.10 bits per heavy atom. The highest BCUT2D eigenvalue weighted by Crippen LogP contribution is 2.26. The normalized spacial score (nSPS) is 19.1. The number of carbonyl (C=O) groups is 1. The van der Waals surface area contributed by atoms with Crippen LogP contribution >= 0.6 is 0 Å². The van der Waals surface area contributed by atoms with Gasteiger partial charge in [0.2, 0.25) is 0 Å². The van der Waals surface area contributed by atoms with Crippen molar-refractivity contribution in [3.05, 3.63) is 42.6 Å². The first-order chi connectivity index (χ1) is 15.2. The molecule has 2 saturated heterocycles. The first-order valence-corrected chi connectivity index (χ1v) is 11.2. The number of benzene rings is 1. The monoisotopic (exact) mass is 419 g/mol. The zero-order valence-corrected chi connectivity index (χ0v) is 18.0. The lowest BCUT2D eigenvalue weighted by molar-refractivity contribution is -0.124. The standard InChI is InChI=1S/C24H29N5O2/c1-28-16-20(15-26-28)18-2-3-19-14-25-24(27-22(19)12-18)13-23(30)17-4-8-29(9-5-17)21-6-10-31-11-7-21/h2-3,12,14-17,21H,4-11,13H2,1H3. The second kappa shape index (κ2) is 8.85. The van der Waals surface area contributed by atoms with Gasteiger partial charge in [-0.1, -0.05) is 12.1 Å². The van der Waals surface area contributed by atoms with Crippen LogP contribution in [-0.4, -0.2) is 62.8 Å². The maximum atomic E-state index is 12.9. The molecule has 1 aromatic carbocycles. The van der Waals surface area contributed by atoms with Crippen molar-refractivity contribution in [3.63, 3.8) is 0 Å². The predicted molar refractivity (Wildman–Crippen MR) is 119 cm³/mol. The minimum absolute atomic E-state index is 0.122. The summed E-state index contributed by atoms with van der Waals surface area (Å²) < 4.78 is 7.27. The molecule has 2 aliphatic rings. The molecular weight excluding hydrogens is 390 g/mol. The fourth-order valence-electron chi connectivity index (χ4n) is 4.83. The molecule has 31 heavy (non-hydrogen) atoms. The number of hydrogen-bond donors (Lipinski definition) is 0. The average molecular weight is 420 g/mol. The number of nitrogens with zero attached hydrogens (tertiary/aromatic N) is 5. The highest BCUT2D eigenvalue weighted by Gasteiger charge is 2.29. The first kappa shape index (κ1) is 20.3. The molecule has 3 aromatic rings. The Hall–Kier alpha value is -2.64. The molecule has 0 aliphatic carbocycles. The fraction of sp³-hybridized carbons (Fsp3) is 0.500. The molecule has 7 nitrogen and oxygen atoms in total. The number of hydrogen-bond acceptors (Lipinski definition) is 6. The van der Waals surface area contributed by atoms with Gasteiger partial charge in [-0.15, -0.1) is 0 Å². The van der Waals surface area contributed by atoms with Crippen LogP contribution in [0.5, 0.6) is 0 Å². The van der Waals surface area contributed by atoms with Gasteiger partial charge in [0, 0.05) is 55.6 Å². The number of aromatic nitrogens is 4. The van der Waals surface area contributed by atoms with Gasteiger partial charge in [0.25, 0.3) is 0 Å². The van der Waals surface area contributed by atoms with Crippen LogP contribution in [0.1, 0.15) is 31.5 Å². The van der Waals surface area contributed by atoms with Crippen molar-refractivity contribution < 1.29 is 9.53 Å². The number of likely N-dealkylation sites (tertiary alicyclic amines) is 1. The summed E-state index contributed by atoms with van der Waals surface area (Å²) in [6.07, 6.45) is 10.1. The van der Waals surface area contributed by atoms with Crippen LogP contribution in [0, 0.1) is 5.92 Å². The minimum atomic E-state index is 0.122. The molecule has 0 atom stereocenters. The molecule has 0 saturated carbocycles. The van der Waals surface area contributed by atoms with E-state index < -0.39 is 0 Å². The third-order valence-electron chi connectivity index (χ3n) is 6.70. The van der Waals surface area contributed by atoms with Gasteiger partial charge >= 0.3 is 0 Å². The maximum Gasteiger partial charge on any atom is 0.143 e. The Balaban J connectivity index is 1.24. The Bertz CT molecular complexity index is 1060. The summed E-state index contributed by atoms with van der Waals surface area (Å²) in [5.74, 6) is 1.01. The number of aryl methyl sites for hydroxylation is 1. The summed E-state index contributed by atoms with van der Waals surface area (Å²) in [4.78, 5) is 24.7. The van der Waals surface area contributed by atoms with Gasteiger partial charge in [-0.2, -0.15) is 5.10 Å². The number of rotatable bonds is 5. The molecule has 2 fully saturated rings. The van der Waals surface area contributed by atoms with E-state index in [0.29, 0.717) is 18.3 Å². The maximum absolute atomic E-state index is 12.9. The molecular formula is C24H29N5O2. The van der Waals surface area contributed by atoms with E-state index >= 15 is 0 Å². The third kappa shape index (κ3) is 4.52. The predicted octanol–water partition coefficient (Wildman–Crippen LogP) is 3.03. The number of carbonyl (C=O) groups excluding carboxylic acids is 1.